The third-order valence-corrected chi connectivity index (χ3v) is 4.34. The molecule has 14 heavy (non-hydrogen) atoms. The molecule has 1 heteroatoms. The maximum Gasteiger partial charge on any atom is 0.0658 e. The van der Waals surface area contributed by atoms with Gasteiger partial charge in [0.1, 0.15) is 0 Å². The molecule has 76 valence electrons. The van der Waals surface area contributed by atoms with E-state index in [1.165, 1.54) is 31.3 Å². The second-order valence-corrected chi connectivity index (χ2v) is 5.33. The molecule has 3 atom stereocenters. The Labute approximate surface area is 86.8 Å². The van der Waals surface area contributed by atoms with Crippen molar-refractivity contribution in [1.29, 1.82) is 5.26 Å². The molecule has 2 rings (SSSR count). The number of allylic oxidation sites excluding steroid dienone is 2. The fourth-order valence-corrected chi connectivity index (χ4v) is 3.21. The van der Waals surface area contributed by atoms with E-state index in [0.717, 1.165) is 6.42 Å². The Morgan fingerprint density at radius 1 is 1.50 bits per heavy atom. The number of fused-ring (bicyclic) bond motifs is 1. The van der Waals surface area contributed by atoms with Gasteiger partial charge in [0, 0.05) is 5.92 Å². The zero-order chi connectivity index (χ0) is 10.2. The van der Waals surface area contributed by atoms with Crippen LogP contribution < -0.4 is 0 Å². The van der Waals surface area contributed by atoms with E-state index in [0.29, 0.717) is 17.3 Å². The van der Waals surface area contributed by atoms with Crippen LogP contribution in [0.25, 0.3) is 0 Å². The molecule has 0 spiro atoms. The largest absolute Gasteiger partial charge is 0.198 e. The summed E-state index contributed by atoms with van der Waals surface area (Å²) >= 11 is 0. The van der Waals surface area contributed by atoms with Crippen molar-refractivity contribution in [1.82, 2.24) is 0 Å². The molecule has 0 bridgehead atoms. The highest BCUT2D eigenvalue weighted by Gasteiger charge is 2.44. The number of nitrogens with zero attached hydrogens (tertiary/aromatic N) is 1. The Bertz CT molecular complexity index is 297. The highest BCUT2D eigenvalue weighted by Crippen LogP contribution is 2.52. The lowest BCUT2D eigenvalue weighted by atomic mass is 9.74. The molecule has 0 amide bonds. The highest BCUT2D eigenvalue weighted by molar-refractivity contribution is 5.11. The normalized spacial score (nSPS) is 42.2. The number of nitriles is 1. The summed E-state index contributed by atoms with van der Waals surface area (Å²) in [5.41, 5.74) is 1.95. The Morgan fingerprint density at radius 2 is 2.29 bits per heavy atom. The predicted molar refractivity (Wildman–Crippen MR) is 57.5 cm³/mol. The first-order chi connectivity index (χ1) is 6.65. The third kappa shape index (κ3) is 1.47. The van der Waals surface area contributed by atoms with Gasteiger partial charge >= 0.3 is 0 Å². The van der Waals surface area contributed by atoms with Gasteiger partial charge in [-0.05, 0) is 50.4 Å². The maximum atomic E-state index is 9.11. The molecular weight excluding hydrogens is 170 g/mol. The molecule has 0 aromatic heterocycles. The molecule has 0 aromatic carbocycles. The van der Waals surface area contributed by atoms with E-state index in [-0.39, 0.29) is 0 Å². The second-order valence-electron chi connectivity index (χ2n) is 5.33. The van der Waals surface area contributed by atoms with Crippen molar-refractivity contribution in [2.45, 2.75) is 46.0 Å². The average molecular weight is 189 g/mol. The summed E-state index contributed by atoms with van der Waals surface area (Å²) in [4.78, 5) is 0. The van der Waals surface area contributed by atoms with Crippen molar-refractivity contribution in [2.24, 2.45) is 17.3 Å². The summed E-state index contributed by atoms with van der Waals surface area (Å²) < 4.78 is 0. The molecule has 2 aliphatic carbocycles. The maximum absolute atomic E-state index is 9.11. The smallest absolute Gasteiger partial charge is 0.0658 e. The van der Waals surface area contributed by atoms with E-state index in [1.807, 2.05) is 0 Å². The van der Waals surface area contributed by atoms with Crippen LogP contribution in [-0.2, 0) is 0 Å². The van der Waals surface area contributed by atoms with Crippen molar-refractivity contribution >= 4 is 0 Å². The molecule has 0 unspecified atom stereocenters. The van der Waals surface area contributed by atoms with Gasteiger partial charge in [0.2, 0.25) is 0 Å². The number of rotatable bonds is 0. The molecule has 1 saturated carbocycles. The molecule has 1 nitrogen and oxygen atoms in total. The van der Waals surface area contributed by atoms with Crippen LogP contribution in [0.15, 0.2) is 11.6 Å². The minimum atomic E-state index is 0.333. The van der Waals surface area contributed by atoms with Crippen molar-refractivity contribution in [3.05, 3.63) is 11.6 Å². The molecule has 0 aromatic rings. The summed E-state index contributed by atoms with van der Waals surface area (Å²) in [6.07, 6.45) is 8.42. The van der Waals surface area contributed by atoms with Crippen LogP contribution in [0.5, 0.6) is 0 Å². The SMILES string of the molecule is CC1=CC[C@]2(C)CC[C@H](C#N)[C@@H]2CC1. The van der Waals surface area contributed by atoms with Gasteiger partial charge in [-0.15, -0.1) is 0 Å². The highest BCUT2D eigenvalue weighted by atomic mass is 14.5. The van der Waals surface area contributed by atoms with Gasteiger partial charge < -0.3 is 0 Å². The zero-order valence-electron chi connectivity index (χ0n) is 9.21. The minimum Gasteiger partial charge on any atom is -0.198 e. The molecule has 2 aliphatic rings. The summed E-state index contributed by atoms with van der Waals surface area (Å²) in [7, 11) is 0. The first kappa shape index (κ1) is 9.77. The van der Waals surface area contributed by atoms with Crippen LogP contribution in [0.4, 0.5) is 0 Å². The van der Waals surface area contributed by atoms with Gasteiger partial charge in [0.25, 0.3) is 0 Å². The first-order valence-electron chi connectivity index (χ1n) is 5.71. The van der Waals surface area contributed by atoms with Crippen LogP contribution in [0.3, 0.4) is 0 Å². The van der Waals surface area contributed by atoms with Crippen LogP contribution >= 0.6 is 0 Å². The third-order valence-electron chi connectivity index (χ3n) is 4.34. The van der Waals surface area contributed by atoms with Crippen LogP contribution in [-0.4, -0.2) is 0 Å². The lowest BCUT2D eigenvalue weighted by Crippen LogP contribution is -2.23. The lowest BCUT2D eigenvalue weighted by molar-refractivity contribution is 0.207. The van der Waals surface area contributed by atoms with Gasteiger partial charge in [-0.2, -0.15) is 5.26 Å². The summed E-state index contributed by atoms with van der Waals surface area (Å²) in [5, 5.41) is 9.11. The van der Waals surface area contributed by atoms with Crippen molar-refractivity contribution in [3.63, 3.8) is 0 Å². The van der Waals surface area contributed by atoms with Crippen LogP contribution in [0.2, 0.25) is 0 Å². The van der Waals surface area contributed by atoms with E-state index in [9.17, 15) is 0 Å². The number of hydrogen-bond donors (Lipinski definition) is 0. The molecule has 1 fully saturated rings. The van der Waals surface area contributed by atoms with E-state index < -0.39 is 0 Å². The molecular formula is C13H19N. The Kier molecular flexibility index (Phi) is 2.39. The van der Waals surface area contributed by atoms with Crippen molar-refractivity contribution in [2.75, 3.05) is 0 Å². The van der Waals surface area contributed by atoms with E-state index in [1.54, 1.807) is 0 Å². The van der Waals surface area contributed by atoms with Crippen molar-refractivity contribution < 1.29 is 0 Å². The zero-order valence-corrected chi connectivity index (χ0v) is 9.21. The molecule has 0 radical (unpaired) electrons. The standard InChI is InChI=1S/C13H19N/c1-10-3-4-12-11(9-14)6-8-13(12,2)7-5-10/h5,11-12H,3-4,6-8H2,1-2H3/t11-,12+,13-/m1/s1. The first-order valence-corrected chi connectivity index (χ1v) is 5.71. The monoisotopic (exact) mass is 189 g/mol. The molecule has 0 heterocycles. The van der Waals surface area contributed by atoms with E-state index in [4.69, 9.17) is 5.26 Å². The minimum absolute atomic E-state index is 0.333. The lowest BCUT2D eigenvalue weighted by Gasteiger charge is -2.30. The Balaban J connectivity index is 2.22. The quantitative estimate of drug-likeness (QED) is 0.533. The summed E-state index contributed by atoms with van der Waals surface area (Å²) in [6.45, 7) is 4.61. The predicted octanol–water partition coefficient (Wildman–Crippen LogP) is 3.67. The van der Waals surface area contributed by atoms with E-state index in [2.05, 4.69) is 26.0 Å². The summed E-state index contributed by atoms with van der Waals surface area (Å²) in [6, 6.07) is 2.51. The average Bonchev–Trinajstić information content (AvgIpc) is 2.42. The topological polar surface area (TPSA) is 23.8 Å². The van der Waals surface area contributed by atoms with Gasteiger partial charge in [-0.1, -0.05) is 18.6 Å². The second kappa shape index (κ2) is 3.42. The van der Waals surface area contributed by atoms with Gasteiger partial charge in [0.15, 0.2) is 0 Å². The Hall–Kier alpha value is -0.770. The van der Waals surface area contributed by atoms with Gasteiger partial charge in [0.05, 0.1) is 6.07 Å². The summed E-state index contributed by atoms with van der Waals surface area (Å²) in [5.74, 6) is 0.987. The fraction of sp³-hybridized carbons (Fsp3) is 0.769. The Morgan fingerprint density at radius 3 is 3.00 bits per heavy atom. The van der Waals surface area contributed by atoms with Gasteiger partial charge in [-0.25, -0.2) is 0 Å². The van der Waals surface area contributed by atoms with Crippen molar-refractivity contribution in [3.8, 4) is 6.07 Å². The fourth-order valence-electron chi connectivity index (χ4n) is 3.21. The van der Waals surface area contributed by atoms with Gasteiger partial charge in [-0.3, -0.25) is 0 Å². The van der Waals surface area contributed by atoms with E-state index >= 15 is 0 Å². The molecule has 0 aliphatic heterocycles. The molecule has 0 N–H and O–H groups in total. The van der Waals surface area contributed by atoms with Crippen LogP contribution in [0.1, 0.15) is 46.0 Å². The van der Waals surface area contributed by atoms with Crippen LogP contribution in [0, 0.1) is 28.6 Å². The number of hydrogen-bond acceptors (Lipinski definition) is 1. The molecule has 0 saturated heterocycles.